The maximum atomic E-state index is 12.8. The molecule has 0 bridgehead atoms. The number of carbonyl (C=O) groups is 1. The minimum Gasteiger partial charge on any atom is -0.480 e. The molecule has 0 aliphatic carbocycles. The normalized spacial score (nSPS) is 18.0. The molecule has 1 heterocycles. The Bertz CT molecular complexity index is 859. The van der Waals surface area contributed by atoms with Gasteiger partial charge in [-0.05, 0) is 31.5 Å². The number of rotatable bonds is 6. The van der Waals surface area contributed by atoms with Crippen molar-refractivity contribution in [3.05, 3.63) is 23.8 Å². The van der Waals surface area contributed by atoms with Crippen molar-refractivity contribution in [1.29, 1.82) is 0 Å². The van der Waals surface area contributed by atoms with Crippen LogP contribution in [0.4, 0.5) is 0 Å². The summed E-state index contributed by atoms with van der Waals surface area (Å²) in [5, 5.41) is 8.85. The number of sulfonamides is 2. The van der Waals surface area contributed by atoms with E-state index in [1.807, 2.05) is 4.72 Å². The Hall–Kier alpha value is -1.53. The average Bonchev–Trinajstić information content (AvgIpc) is 2.55. The molecule has 0 aromatic heterocycles. The number of hydrogen-bond acceptors (Lipinski definition) is 6. The van der Waals surface area contributed by atoms with Gasteiger partial charge < -0.3 is 9.84 Å². The van der Waals surface area contributed by atoms with Crippen molar-refractivity contribution in [1.82, 2.24) is 9.03 Å². The van der Waals surface area contributed by atoms with E-state index < -0.39 is 32.1 Å². The van der Waals surface area contributed by atoms with Crippen LogP contribution in [-0.2, 0) is 29.6 Å². The third-order valence-corrected chi connectivity index (χ3v) is 7.34. The lowest BCUT2D eigenvalue weighted by Gasteiger charge is -2.26. The van der Waals surface area contributed by atoms with Gasteiger partial charge in [-0.3, -0.25) is 4.79 Å². The zero-order valence-electron chi connectivity index (χ0n) is 13.8. The van der Waals surface area contributed by atoms with Gasteiger partial charge in [0.25, 0.3) is 0 Å². The summed E-state index contributed by atoms with van der Waals surface area (Å²) < 4.78 is 58.5. The minimum absolute atomic E-state index is 0.125. The molecule has 11 heteroatoms. The quantitative estimate of drug-likeness (QED) is 0.684. The molecule has 2 rings (SSSR count). The minimum atomic E-state index is -4.17. The molecule has 1 atom stereocenters. The zero-order chi connectivity index (χ0) is 18.8. The van der Waals surface area contributed by atoms with Crippen molar-refractivity contribution in [2.75, 3.05) is 26.3 Å². The number of ether oxygens (including phenoxy) is 1. The van der Waals surface area contributed by atoms with Crippen LogP contribution in [-0.4, -0.2) is 64.6 Å². The Kier molecular flexibility index (Phi) is 5.84. The van der Waals surface area contributed by atoms with Crippen molar-refractivity contribution in [3.63, 3.8) is 0 Å². The smallest absolute Gasteiger partial charge is 0.321 e. The molecule has 1 aromatic rings. The van der Waals surface area contributed by atoms with E-state index in [-0.39, 0.29) is 36.1 Å². The van der Waals surface area contributed by atoms with Crippen LogP contribution in [0.2, 0.25) is 0 Å². The van der Waals surface area contributed by atoms with Crippen LogP contribution < -0.4 is 4.72 Å². The fourth-order valence-corrected chi connectivity index (χ4v) is 5.26. The van der Waals surface area contributed by atoms with E-state index >= 15 is 0 Å². The van der Waals surface area contributed by atoms with Crippen LogP contribution in [0, 0.1) is 6.92 Å². The molecule has 1 aliphatic rings. The molecule has 1 aromatic carbocycles. The Balaban J connectivity index is 2.42. The number of nitrogens with one attached hydrogen (secondary N) is 1. The van der Waals surface area contributed by atoms with Crippen LogP contribution in [0.5, 0.6) is 0 Å². The lowest BCUT2D eigenvalue weighted by molar-refractivity contribution is -0.138. The molecule has 1 fully saturated rings. The van der Waals surface area contributed by atoms with E-state index in [1.54, 1.807) is 6.92 Å². The summed E-state index contributed by atoms with van der Waals surface area (Å²) in [7, 11) is -8.05. The van der Waals surface area contributed by atoms with Gasteiger partial charge in [0.1, 0.15) is 6.04 Å². The summed E-state index contributed by atoms with van der Waals surface area (Å²) >= 11 is 0. The molecular weight excluding hydrogens is 372 g/mol. The summed E-state index contributed by atoms with van der Waals surface area (Å²) in [6, 6.07) is 2.33. The van der Waals surface area contributed by atoms with Crippen LogP contribution in [0.25, 0.3) is 0 Å². The lowest BCUT2D eigenvalue weighted by atomic mass is 10.2. The van der Waals surface area contributed by atoms with Gasteiger partial charge in [-0.1, -0.05) is 6.07 Å². The largest absolute Gasteiger partial charge is 0.480 e. The van der Waals surface area contributed by atoms with E-state index in [2.05, 4.69) is 0 Å². The number of aryl methyl sites for hydroxylation is 1. The van der Waals surface area contributed by atoms with Gasteiger partial charge in [-0.25, -0.2) is 16.8 Å². The van der Waals surface area contributed by atoms with Crippen molar-refractivity contribution in [2.24, 2.45) is 0 Å². The summed E-state index contributed by atoms with van der Waals surface area (Å²) in [4.78, 5) is 10.4. The lowest BCUT2D eigenvalue weighted by Crippen LogP contribution is -2.41. The molecule has 1 unspecified atom stereocenters. The fraction of sp³-hybridized carbons (Fsp3) is 0.500. The Morgan fingerprint density at radius 2 is 1.84 bits per heavy atom. The monoisotopic (exact) mass is 392 g/mol. The van der Waals surface area contributed by atoms with Crippen molar-refractivity contribution in [2.45, 2.75) is 29.7 Å². The molecule has 25 heavy (non-hydrogen) atoms. The number of carboxylic acids is 1. The van der Waals surface area contributed by atoms with Crippen LogP contribution in [0.3, 0.4) is 0 Å². The molecule has 1 saturated heterocycles. The molecular formula is C14H20N2O7S2. The van der Waals surface area contributed by atoms with E-state index in [0.717, 1.165) is 6.07 Å². The predicted octanol–water partition coefficient (Wildman–Crippen LogP) is -0.233. The first-order valence-corrected chi connectivity index (χ1v) is 10.4. The molecule has 0 amide bonds. The van der Waals surface area contributed by atoms with Gasteiger partial charge in [-0.15, -0.1) is 0 Å². The van der Waals surface area contributed by atoms with Gasteiger partial charge in [0.15, 0.2) is 0 Å². The first-order valence-electron chi connectivity index (χ1n) is 7.49. The molecule has 0 saturated carbocycles. The fourth-order valence-electron chi connectivity index (χ4n) is 2.30. The summed E-state index contributed by atoms with van der Waals surface area (Å²) in [5.41, 5.74) is 0.400. The van der Waals surface area contributed by atoms with Gasteiger partial charge >= 0.3 is 5.97 Å². The molecule has 9 nitrogen and oxygen atoms in total. The Labute approximate surface area is 146 Å². The SMILES string of the molecule is Cc1ccc(S(=O)(=O)NC(C)C(=O)O)cc1S(=O)(=O)N1CCOCC1. The second kappa shape index (κ2) is 7.38. The van der Waals surface area contributed by atoms with Gasteiger partial charge in [0.2, 0.25) is 20.0 Å². The number of hydrogen-bond donors (Lipinski definition) is 2. The standard InChI is InChI=1S/C14H20N2O7S2/c1-10-3-4-12(24(19,20)15-11(2)14(17)18)9-13(10)25(21,22)16-5-7-23-8-6-16/h3-4,9,11,15H,5-8H2,1-2H3,(H,17,18). The number of carboxylic acid groups (broad SMARTS) is 1. The third-order valence-electron chi connectivity index (χ3n) is 3.76. The second-order valence-electron chi connectivity index (χ2n) is 5.62. The van der Waals surface area contributed by atoms with E-state index in [1.165, 1.54) is 23.4 Å². The van der Waals surface area contributed by atoms with Crippen LogP contribution in [0.15, 0.2) is 28.0 Å². The average molecular weight is 392 g/mol. The second-order valence-corrected chi connectivity index (χ2v) is 9.25. The maximum absolute atomic E-state index is 12.8. The maximum Gasteiger partial charge on any atom is 0.321 e. The zero-order valence-corrected chi connectivity index (χ0v) is 15.4. The highest BCUT2D eigenvalue weighted by Gasteiger charge is 2.30. The summed E-state index contributed by atoms with van der Waals surface area (Å²) in [6.45, 7) is 3.67. The highest BCUT2D eigenvalue weighted by Crippen LogP contribution is 2.24. The first-order chi connectivity index (χ1) is 11.6. The van der Waals surface area contributed by atoms with Crippen molar-refractivity contribution < 1.29 is 31.5 Å². The van der Waals surface area contributed by atoms with Gasteiger partial charge in [0.05, 0.1) is 23.0 Å². The van der Waals surface area contributed by atoms with Gasteiger partial charge in [0, 0.05) is 13.1 Å². The molecule has 0 radical (unpaired) electrons. The highest BCUT2D eigenvalue weighted by atomic mass is 32.2. The molecule has 0 spiro atoms. The predicted molar refractivity (Wildman–Crippen MR) is 88.2 cm³/mol. The van der Waals surface area contributed by atoms with E-state index in [9.17, 15) is 21.6 Å². The third kappa shape index (κ3) is 4.36. The van der Waals surface area contributed by atoms with Crippen molar-refractivity contribution in [3.8, 4) is 0 Å². The Morgan fingerprint density at radius 1 is 1.24 bits per heavy atom. The molecule has 1 aliphatic heterocycles. The molecule has 2 N–H and O–H groups in total. The summed E-state index contributed by atoms with van der Waals surface area (Å²) in [6.07, 6.45) is 0. The summed E-state index contributed by atoms with van der Waals surface area (Å²) in [5.74, 6) is -1.34. The van der Waals surface area contributed by atoms with Crippen molar-refractivity contribution >= 4 is 26.0 Å². The number of nitrogens with zero attached hydrogens (tertiary/aromatic N) is 1. The first kappa shape index (κ1) is 19.8. The molecule has 140 valence electrons. The highest BCUT2D eigenvalue weighted by molar-refractivity contribution is 7.90. The van der Waals surface area contributed by atoms with E-state index in [4.69, 9.17) is 9.84 Å². The number of morpholine rings is 1. The topological polar surface area (TPSA) is 130 Å². The number of benzene rings is 1. The number of aliphatic carboxylic acids is 1. The van der Waals surface area contributed by atoms with Gasteiger partial charge in [-0.2, -0.15) is 9.03 Å². The van der Waals surface area contributed by atoms with Crippen LogP contribution >= 0.6 is 0 Å². The van der Waals surface area contributed by atoms with E-state index in [0.29, 0.717) is 5.56 Å². The Morgan fingerprint density at radius 3 is 2.40 bits per heavy atom. The van der Waals surface area contributed by atoms with Crippen LogP contribution in [0.1, 0.15) is 12.5 Å².